The quantitative estimate of drug-likeness (QED) is 0.691. The van der Waals surface area contributed by atoms with Gasteiger partial charge in [0.25, 0.3) is 0 Å². The number of hydrogen-bond donors (Lipinski definition) is 2. The van der Waals surface area contributed by atoms with Crippen molar-refractivity contribution in [3.8, 4) is 11.1 Å². The molecule has 0 saturated carbocycles. The number of anilines is 1. The number of carbonyl (C=O) groups is 1. The van der Waals surface area contributed by atoms with Gasteiger partial charge in [0.15, 0.2) is 0 Å². The maximum Gasteiger partial charge on any atom is 0.338 e. The van der Waals surface area contributed by atoms with Crippen LogP contribution in [0.15, 0.2) is 60.7 Å². The van der Waals surface area contributed by atoms with Crippen LogP contribution >= 0.6 is 0 Å². The van der Waals surface area contributed by atoms with Crippen LogP contribution < -0.4 is 5.73 Å². The molecule has 0 radical (unpaired) electrons. The number of hydrogen-bond acceptors (Lipinski definition) is 2. The molecule has 0 heterocycles. The van der Waals surface area contributed by atoms with E-state index in [1.165, 1.54) is 0 Å². The number of fused-ring (bicyclic) bond motifs is 1. The molecule has 0 fully saturated rings. The summed E-state index contributed by atoms with van der Waals surface area (Å²) < 4.78 is 0. The summed E-state index contributed by atoms with van der Waals surface area (Å²) in [6.45, 7) is 0. The Balaban J connectivity index is 2.37. The first kappa shape index (κ1) is 12.2. The molecule has 0 saturated heterocycles. The molecule has 3 N–H and O–H groups in total. The Morgan fingerprint density at radius 1 is 0.850 bits per heavy atom. The van der Waals surface area contributed by atoms with Gasteiger partial charge in [0.2, 0.25) is 0 Å². The standard InChI is InChI=1S/C17H13NO2/c18-15-10-4-9-14(16(15)17(19)20)13-8-3-6-11-5-1-2-7-12(11)13/h1-10H,18H2,(H,19,20). The summed E-state index contributed by atoms with van der Waals surface area (Å²) in [6, 6.07) is 18.9. The molecule has 98 valence electrons. The first-order chi connectivity index (χ1) is 9.68. The lowest BCUT2D eigenvalue weighted by molar-refractivity contribution is 0.0699. The van der Waals surface area contributed by atoms with E-state index in [2.05, 4.69) is 0 Å². The summed E-state index contributed by atoms with van der Waals surface area (Å²) in [5.41, 5.74) is 7.79. The zero-order valence-corrected chi connectivity index (χ0v) is 10.7. The zero-order valence-electron chi connectivity index (χ0n) is 10.7. The molecule has 3 aromatic carbocycles. The van der Waals surface area contributed by atoms with Gasteiger partial charge in [-0.15, -0.1) is 0 Å². The Hall–Kier alpha value is -2.81. The number of nitrogen functional groups attached to an aromatic ring is 1. The normalized spacial score (nSPS) is 10.6. The number of benzene rings is 3. The lowest BCUT2D eigenvalue weighted by Crippen LogP contribution is -2.04. The van der Waals surface area contributed by atoms with Gasteiger partial charge in [-0.2, -0.15) is 0 Å². The molecule has 20 heavy (non-hydrogen) atoms. The first-order valence-electron chi connectivity index (χ1n) is 6.28. The molecule has 0 atom stereocenters. The summed E-state index contributed by atoms with van der Waals surface area (Å²) in [7, 11) is 0. The second kappa shape index (κ2) is 4.70. The van der Waals surface area contributed by atoms with Gasteiger partial charge >= 0.3 is 5.97 Å². The maximum absolute atomic E-state index is 11.5. The second-order valence-corrected chi connectivity index (χ2v) is 4.60. The van der Waals surface area contributed by atoms with Gasteiger partial charge in [0, 0.05) is 5.69 Å². The fourth-order valence-corrected chi connectivity index (χ4v) is 2.49. The van der Waals surface area contributed by atoms with E-state index < -0.39 is 5.97 Å². The average molecular weight is 263 g/mol. The number of nitrogens with two attached hydrogens (primary N) is 1. The zero-order chi connectivity index (χ0) is 14.1. The van der Waals surface area contributed by atoms with Crippen molar-refractivity contribution in [3.63, 3.8) is 0 Å². The molecule has 0 aliphatic heterocycles. The molecular formula is C17H13NO2. The molecule has 0 amide bonds. The fraction of sp³-hybridized carbons (Fsp3) is 0. The first-order valence-corrected chi connectivity index (χ1v) is 6.28. The average Bonchev–Trinajstić information content (AvgIpc) is 2.46. The van der Waals surface area contributed by atoms with Crippen molar-refractivity contribution < 1.29 is 9.90 Å². The topological polar surface area (TPSA) is 63.3 Å². The molecule has 0 aliphatic rings. The van der Waals surface area contributed by atoms with Crippen molar-refractivity contribution in [1.82, 2.24) is 0 Å². The number of aromatic carboxylic acids is 1. The van der Waals surface area contributed by atoms with E-state index in [9.17, 15) is 9.90 Å². The van der Waals surface area contributed by atoms with Crippen LogP contribution in [-0.2, 0) is 0 Å². The van der Waals surface area contributed by atoms with Gasteiger partial charge in [0.05, 0.1) is 5.56 Å². The molecule has 3 nitrogen and oxygen atoms in total. The van der Waals surface area contributed by atoms with E-state index in [-0.39, 0.29) is 11.3 Å². The monoisotopic (exact) mass is 263 g/mol. The predicted molar refractivity (Wildman–Crippen MR) is 80.8 cm³/mol. The van der Waals surface area contributed by atoms with Crippen LogP contribution in [0.4, 0.5) is 5.69 Å². The molecule has 0 spiro atoms. The predicted octanol–water partition coefficient (Wildman–Crippen LogP) is 3.79. The molecule has 0 aromatic heterocycles. The molecule has 3 heteroatoms. The van der Waals surface area contributed by atoms with Gasteiger partial charge in [-0.3, -0.25) is 0 Å². The highest BCUT2D eigenvalue weighted by Crippen LogP contribution is 2.33. The van der Waals surface area contributed by atoms with Crippen molar-refractivity contribution >= 4 is 22.4 Å². The Morgan fingerprint density at radius 3 is 2.30 bits per heavy atom. The SMILES string of the molecule is Nc1cccc(-c2cccc3ccccc23)c1C(=O)O. The molecule has 0 bridgehead atoms. The van der Waals surface area contributed by atoms with Gasteiger partial charge in [0.1, 0.15) is 0 Å². The molecular weight excluding hydrogens is 250 g/mol. The van der Waals surface area contributed by atoms with Crippen LogP contribution in [0, 0.1) is 0 Å². The smallest absolute Gasteiger partial charge is 0.338 e. The Bertz CT molecular complexity index is 804. The summed E-state index contributed by atoms with van der Waals surface area (Å²) in [5.74, 6) is -1.01. The molecule has 0 unspecified atom stereocenters. The summed E-state index contributed by atoms with van der Waals surface area (Å²) in [5, 5.41) is 11.5. The number of carboxylic acid groups (broad SMARTS) is 1. The van der Waals surface area contributed by atoms with Crippen molar-refractivity contribution in [1.29, 1.82) is 0 Å². The summed E-state index contributed by atoms with van der Waals surface area (Å²) >= 11 is 0. The third kappa shape index (κ3) is 1.89. The summed E-state index contributed by atoms with van der Waals surface area (Å²) in [6.07, 6.45) is 0. The van der Waals surface area contributed by atoms with E-state index in [1.54, 1.807) is 18.2 Å². The highest BCUT2D eigenvalue weighted by atomic mass is 16.4. The minimum absolute atomic E-state index is 0.156. The van der Waals surface area contributed by atoms with Gasteiger partial charge in [-0.05, 0) is 28.0 Å². The van der Waals surface area contributed by atoms with Gasteiger partial charge in [-0.1, -0.05) is 54.6 Å². The Morgan fingerprint density at radius 2 is 1.50 bits per heavy atom. The Kier molecular flexibility index (Phi) is 2.88. The van der Waals surface area contributed by atoms with E-state index in [1.807, 2.05) is 42.5 Å². The third-order valence-corrected chi connectivity index (χ3v) is 3.39. The van der Waals surface area contributed by atoms with Crippen LogP contribution in [0.2, 0.25) is 0 Å². The third-order valence-electron chi connectivity index (χ3n) is 3.39. The minimum Gasteiger partial charge on any atom is -0.478 e. The van der Waals surface area contributed by atoms with Crippen LogP contribution in [0.1, 0.15) is 10.4 Å². The number of rotatable bonds is 2. The van der Waals surface area contributed by atoms with E-state index in [0.29, 0.717) is 5.56 Å². The number of carboxylic acids is 1. The van der Waals surface area contributed by atoms with Crippen molar-refractivity contribution in [3.05, 3.63) is 66.2 Å². The molecule has 3 aromatic rings. The minimum atomic E-state index is -1.01. The highest BCUT2D eigenvalue weighted by Gasteiger charge is 2.16. The lowest BCUT2D eigenvalue weighted by atomic mass is 9.94. The molecule has 0 aliphatic carbocycles. The van der Waals surface area contributed by atoms with Crippen LogP contribution in [-0.4, -0.2) is 11.1 Å². The van der Waals surface area contributed by atoms with Gasteiger partial charge < -0.3 is 10.8 Å². The Labute approximate surface area is 116 Å². The van der Waals surface area contributed by atoms with Crippen LogP contribution in [0.3, 0.4) is 0 Å². The largest absolute Gasteiger partial charge is 0.478 e. The van der Waals surface area contributed by atoms with Crippen molar-refractivity contribution in [2.45, 2.75) is 0 Å². The van der Waals surface area contributed by atoms with Gasteiger partial charge in [-0.25, -0.2) is 4.79 Å². The fourth-order valence-electron chi connectivity index (χ4n) is 2.49. The summed E-state index contributed by atoms with van der Waals surface area (Å²) in [4.78, 5) is 11.5. The highest BCUT2D eigenvalue weighted by molar-refractivity contribution is 6.06. The lowest BCUT2D eigenvalue weighted by Gasteiger charge is -2.11. The molecule has 3 rings (SSSR count). The van der Waals surface area contributed by atoms with E-state index in [0.717, 1.165) is 16.3 Å². The van der Waals surface area contributed by atoms with Crippen LogP contribution in [0.25, 0.3) is 21.9 Å². The van der Waals surface area contributed by atoms with Crippen molar-refractivity contribution in [2.24, 2.45) is 0 Å². The van der Waals surface area contributed by atoms with E-state index in [4.69, 9.17) is 5.73 Å². The van der Waals surface area contributed by atoms with Crippen LogP contribution in [0.5, 0.6) is 0 Å². The second-order valence-electron chi connectivity index (χ2n) is 4.60. The maximum atomic E-state index is 11.5. The van der Waals surface area contributed by atoms with E-state index >= 15 is 0 Å². The van der Waals surface area contributed by atoms with Crippen molar-refractivity contribution in [2.75, 3.05) is 5.73 Å².